The third-order valence-electron chi connectivity index (χ3n) is 3.50. The Morgan fingerprint density at radius 1 is 1.12 bits per heavy atom. The lowest BCUT2D eigenvalue weighted by Gasteiger charge is -2.09. The quantitative estimate of drug-likeness (QED) is 0.679. The highest BCUT2D eigenvalue weighted by atomic mass is 35.5. The number of hydrogen-bond donors (Lipinski definition) is 1. The number of halogens is 3. The van der Waals surface area contributed by atoms with Crippen LogP contribution in [-0.4, -0.2) is 15.7 Å². The Kier molecular flexibility index (Phi) is 5.75. The number of nitrogens with zero attached hydrogens (tertiary/aromatic N) is 2. The summed E-state index contributed by atoms with van der Waals surface area (Å²) < 4.78 is 19.9. The summed E-state index contributed by atoms with van der Waals surface area (Å²) in [5, 5.41) is 7.65. The van der Waals surface area contributed by atoms with Crippen LogP contribution >= 0.6 is 23.2 Å². The molecule has 26 heavy (non-hydrogen) atoms. The zero-order valence-corrected chi connectivity index (χ0v) is 15.0. The molecule has 1 heterocycles. The number of ether oxygens (including phenoxy) is 1. The second-order valence-electron chi connectivity index (χ2n) is 5.37. The SMILES string of the molecule is O=C(NCc1ccc(F)cc1)c1ccn(COc2c(Cl)cccc2Cl)n1. The van der Waals surface area contributed by atoms with Gasteiger partial charge >= 0.3 is 0 Å². The summed E-state index contributed by atoms with van der Waals surface area (Å²) >= 11 is 12.1. The fraction of sp³-hybridized carbons (Fsp3) is 0.111. The summed E-state index contributed by atoms with van der Waals surface area (Å²) in [6.07, 6.45) is 1.61. The average molecular weight is 394 g/mol. The van der Waals surface area contributed by atoms with E-state index in [0.29, 0.717) is 15.8 Å². The molecule has 0 aliphatic carbocycles. The van der Waals surface area contributed by atoms with Crippen LogP contribution in [0.3, 0.4) is 0 Å². The van der Waals surface area contributed by atoms with E-state index in [0.717, 1.165) is 5.56 Å². The number of benzene rings is 2. The second kappa shape index (κ2) is 8.21. The third-order valence-corrected chi connectivity index (χ3v) is 4.09. The van der Waals surface area contributed by atoms with Gasteiger partial charge < -0.3 is 10.1 Å². The molecule has 0 radical (unpaired) electrons. The van der Waals surface area contributed by atoms with Gasteiger partial charge in [-0.05, 0) is 35.9 Å². The van der Waals surface area contributed by atoms with Gasteiger partial charge in [-0.15, -0.1) is 0 Å². The van der Waals surface area contributed by atoms with E-state index >= 15 is 0 Å². The molecule has 8 heteroatoms. The summed E-state index contributed by atoms with van der Waals surface area (Å²) in [4.78, 5) is 12.1. The van der Waals surface area contributed by atoms with Crippen LogP contribution in [0.1, 0.15) is 16.1 Å². The Morgan fingerprint density at radius 3 is 2.50 bits per heavy atom. The van der Waals surface area contributed by atoms with Gasteiger partial charge in [0.1, 0.15) is 11.5 Å². The first-order valence-corrected chi connectivity index (χ1v) is 8.41. The maximum Gasteiger partial charge on any atom is 0.272 e. The first kappa shape index (κ1) is 18.2. The molecular formula is C18H14Cl2FN3O2. The van der Waals surface area contributed by atoms with Gasteiger partial charge in [-0.3, -0.25) is 4.79 Å². The number of carbonyl (C=O) groups excluding carboxylic acids is 1. The highest BCUT2D eigenvalue weighted by molar-refractivity contribution is 6.37. The minimum atomic E-state index is -0.344. The first-order valence-electron chi connectivity index (χ1n) is 7.66. The highest BCUT2D eigenvalue weighted by Gasteiger charge is 2.11. The van der Waals surface area contributed by atoms with Gasteiger partial charge in [-0.2, -0.15) is 5.10 Å². The van der Waals surface area contributed by atoms with Crippen LogP contribution in [0.5, 0.6) is 5.75 Å². The maximum absolute atomic E-state index is 12.9. The van der Waals surface area contributed by atoms with Crippen molar-refractivity contribution in [2.24, 2.45) is 0 Å². The number of aromatic nitrogens is 2. The predicted octanol–water partition coefficient (Wildman–Crippen LogP) is 4.30. The van der Waals surface area contributed by atoms with Crippen molar-refractivity contribution in [2.45, 2.75) is 13.3 Å². The zero-order chi connectivity index (χ0) is 18.5. The van der Waals surface area contributed by atoms with Crippen molar-refractivity contribution in [3.8, 4) is 5.75 Å². The van der Waals surface area contributed by atoms with Gasteiger partial charge in [0, 0.05) is 12.7 Å². The van der Waals surface area contributed by atoms with Crippen LogP contribution in [0.4, 0.5) is 4.39 Å². The molecule has 0 bridgehead atoms. The molecule has 2 aromatic carbocycles. The summed E-state index contributed by atoms with van der Waals surface area (Å²) in [5.41, 5.74) is 1.02. The van der Waals surface area contributed by atoms with Crippen molar-refractivity contribution in [3.05, 3.63) is 81.8 Å². The van der Waals surface area contributed by atoms with Crippen molar-refractivity contribution >= 4 is 29.1 Å². The number of hydrogen-bond acceptors (Lipinski definition) is 3. The molecule has 1 amide bonds. The van der Waals surface area contributed by atoms with Gasteiger partial charge in [0.25, 0.3) is 5.91 Å². The monoisotopic (exact) mass is 393 g/mol. The molecule has 0 saturated carbocycles. The smallest absolute Gasteiger partial charge is 0.272 e. The Balaban J connectivity index is 1.57. The maximum atomic E-state index is 12.9. The van der Waals surface area contributed by atoms with Gasteiger partial charge in [0.15, 0.2) is 12.5 Å². The van der Waals surface area contributed by atoms with E-state index in [1.807, 2.05) is 0 Å². The number of amides is 1. The van der Waals surface area contributed by atoms with E-state index in [4.69, 9.17) is 27.9 Å². The van der Waals surface area contributed by atoms with Crippen LogP contribution in [-0.2, 0) is 13.3 Å². The van der Waals surface area contributed by atoms with Gasteiger partial charge in [0.2, 0.25) is 0 Å². The van der Waals surface area contributed by atoms with E-state index in [2.05, 4.69) is 10.4 Å². The lowest BCUT2D eigenvalue weighted by molar-refractivity contribution is 0.0944. The van der Waals surface area contributed by atoms with E-state index in [1.165, 1.54) is 16.8 Å². The van der Waals surface area contributed by atoms with Gasteiger partial charge in [-0.25, -0.2) is 9.07 Å². The summed E-state index contributed by atoms with van der Waals surface area (Å²) in [6.45, 7) is 0.326. The third kappa shape index (κ3) is 4.53. The Labute approximate surface area is 159 Å². The van der Waals surface area contributed by atoms with Crippen LogP contribution in [0.25, 0.3) is 0 Å². The number of rotatable bonds is 6. The first-order chi connectivity index (χ1) is 12.5. The standard InChI is InChI=1S/C18H14Cl2FN3O2/c19-14-2-1-3-15(20)17(14)26-11-24-9-8-16(23-24)18(25)22-10-12-4-6-13(21)7-5-12/h1-9H,10-11H2,(H,22,25). The summed E-state index contributed by atoms with van der Waals surface area (Å²) in [7, 11) is 0. The molecular weight excluding hydrogens is 380 g/mol. The summed E-state index contributed by atoms with van der Waals surface area (Å²) in [6, 6.07) is 12.5. The van der Waals surface area contributed by atoms with Crippen LogP contribution < -0.4 is 10.1 Å². The van der Waals surface area contributed by atoms with Crippen molar-refractivity contribution in [1.29, 1.82) is 0 Å². The van der Waals surface area contributed by atoms with Gasteiger partial charge in [0.05, 0.1) is 10.0 Å². The van der Waals surface area contributed by atoms with Gasteiger partial charge in [-0.1, -0.05) is 41.4 Å². The fourth-order valence-corrected chi connectivity index (χ4v) is 2.69. The molecule has 1 N–H and O–H groups in total. The molecule has 5 nitrogen and oxygen atoms in total. The molecule has 0 spiro atoms. The van der Waals surface area contributed by atoms with Crippen LogP contribution in [0, 0.1) is 5.82 Å². The van der Waals surface area contributed by atoms with E-state index < -0.39 is 0 Å². The predicted molar refractivity (Wildman–Crippen MR) is 96.9 cm³/mol. The summed E-state index contributed by atoms with van der Waals surface area (Å²) in [5.74, 6) is -0.310. The lowest BCUT2D eigenvalue weighted by Crippen LogP contribution is -2.23. The minimum Gasteiger partial charge on any atom is -0.468 e. The average Bonchev–Trinajstić information content (AvgIpc) is 3.10. The molecule has 0 unspecified atom stereocenters. The van der Waals surface area contributed by atoms with Crippen molar-refractivity contribution in [2.75, 3.05) is 0 Å². The number of nitrogens with one attached hydrogen (secondary N) is 1. The Morgan fingerprint density at radius 2 is 1.81 bits per heavy atom. The molecule has 3 rings (SSSR count). The van der Waals surface area contributed by atoms with E-state index in [1.54, 1.807) is 42.6 Å². The Hall–Kier alpha value is -2.57. The molecule has 0 atom stereocenters. The minimum absolute atomic E-state index is 0.0503. The molecule has 1 aromatic heterocycles. The lowest BCUT2D eigenvalue weighted by atomic mass is 10.2. The molecule has 0 aliphatic rings. The largest absolute Gasteiger partial charge is 0.468 e. The fourth-order valence-electron chi connectivity index (χ4n) is 2.18. The molecule has 0 saturated heterocycles. The molecule has 134 valence electrons. The zero-order valence-electron chi connectivity index (χ0n) is 13.5. The second-order valence-corrected chi connectivity index (χ2v) is 6.19. The van der Waals surface area contributed by atoms with Crippen molar-refractivity contribution < 1.29 is 13.9 Å². The van der Waals surface area contributed by atoms with Crippen LogP contribution in [0.15, 0.2) is 54.7 Å². The highest BCUT2D eigenvalue weighted by Crippen LogP contribution is 2.32. The number of carbonyl (C=O) groups is 1. The van der Waals surface area contributed by atoms with Crippen LogP contribution in [0.2, 0.25) is 10.0 Å². The number of para-hydroxylation sites is 1. The molecule has 0 aliphatic heterocycles. The molecule has 0 fully saturated rings. The van der Waals surface area contributed by atoms with Crippen molar-refractivity contribution in [1.82, 2.24) is 15.1 Å². The molecule has 3 aromatic rings. The normalized spacial score (nSPS) is 10.6. The van der Waals surface area contributed by atoms with Crippen molar-refractivity contribution in [3.63, 3.8) is 0 Å². The Bertz CT molecular complexity index is 893. The topological polar surface area (TPSA) is 56.2 Å². The van der Waals surface area contributed by atoms with E-state index in [9.17, 15) is 9.18 Å². The van der Waals surface area contributed by atoms with E-state index in [-0.39, 0.29) is 30.7 Å².